The van der Waals surface area contributed by atoms with Gasteiger partial charge in [0, 0.05) is 24.0 Å². The fraction of sp³-hybridized carbons (Fsp3) is 0.429. The normalized spacial score (nSPS) is 21.5. The Kier molecular flexibility index (Phi) is 6.65. The molecule has 1 fully saturated rings. The Morgan fingerprint density at radius 2 is 2.00 bits per heavy atom. The van der Waals surface area contributed by atoms with Crippen molar-refractivity contribution in [2.45, 2.75) is 56.9 Å². The van der Waals surface area contributed by atoms with Crippen LogP contribution >= 0.6 is 0 Å². The first-order chi connectivity index (χ1) is 14.6. The van der Waals surface area contributed by atoms with E-state index >= 15 is 0 Å². The smallest absolute Gasteiger partial charge is 0.264 e. The van der Waals surface area contributed by atoms with Crippen LogP contribution in [0.4, 0.5) is 0 Å². The molecular formula is C21H27N3O6S. The maximum absolute atomic E-state index is 13.3. The molecule has 2 N–H and O–H groups in total. The molecule has 31 heavy (non-hydrogen) atoms. The van der Waals surface area contributed by atoms with Crippen LogP contribution < -0.4 is 10.2 Å². The topological polar surface area (TPSA) is 118 Å². The number of carbonyl (C=O) groups excluding carboxylic acids is 1. The number of hydrogen-bond acceptors (Lipinski definition) is 7. The molecule has 1 aromatic heterocycles. The van der Waals surface area contributed by atoms with Crippen molar-refractivity contribution < 1.29 is 27.9 Å². The maximum Gasteiger partial charge on any atom is 0.264 e. The first-order valence-electron chi connectivity index (χ1n) is 9.83. The van der Waals surface area contributed by atoms with Crippen LogP contribution in [-0.2, 0) is 26.2 Å². The van der Waals surface area contributed by atoms with Gasteiger partial charge in [-0.1, -0.05) is 6.07 Å². The van der Waals surface area contributed by atoms with Gasteiger partial charge in [-0.25, -0.2) is 13.9 Å². The van der Waals surface area contributed by atoms with Gasteiger partial charge >= 0.3 is 0 Å². The van der Waals surface area contributed by atoms with Crippen LogP contribution in [0.15, 0.2) is 47.5 Å². The zero-order valence-corrected chi connectivity index (χ0v) is 18.7. The quantitative estimate of drug-likeness (QED) is 0.512. The van der Waals surface area contributed by atoms with Crippen molar-refractivity contribution in [1.29, 1.82) is 0 Å². The summed E-state index contributed by atoms with van der Waals surface area (Å²) in [4.78, 5) is 16.5. The van der Waals surface area contributed by atoms with Gasteiger partial charge in [-0.15, -0.1) is 0 Å². The van der Waals surface area contributed by atoms with E-state index in [1.807, 2.05) is 19.1 Å². The Hall–Kier alpha value is -2.53. The molecule has 0 bridgehead atoms. The van der Waals surface area contributed by atoms with E-state index in [-0.39, 0.29) is 11.4 Å². The summed E-state index contributed by atoms with van der Waals surface area (Å²) in [5.41, 5.74) is 2.21. The molecule has 168 valence electrons. The predicted octanol–water partition coefficient (Wildman–Crippen LogP) is 2.03. The first-order valence-corrected chi connectivity index (χ1v) is 11.3. The molecule has 2 atom stereocenters. The number of ether oxygens (including phenoxy) is 2. The predicted molar refractivity (Wildman–Crippen MR) is 112 cm³/mol. The van der Waals surface area contributed by atoms with Crippen molar-refractivity contribution in [1.82, 2.24) is 14.8 Å². The van der Waals surface area contributed by atoms with Crippen LogP contribution in [0.3, 0.4) is 0 Å². The lowest BCUT2D eigenvalue weighted by Gasteiger charge is -2.46. The fourth-order valence-electron chi connectivity index (χ4n) is 3.74. The van der Waals surface area contributed by atoms with Gasteiger partial charge in [-0.05, 0) is 58.0 Å². The number of hydrogen-bond donors (Lipinski definition) is 2. The molecule has 1 aromatic carbocycles. The number of morpholine rings is 1. The van der Waals surface area contributed by atoms with Crippen LogP contribution in [0, 0.1) is 6.92 Å². The van der Waals surface area contributed by atoms with Crippen LogP contribution in [0.5, 0.6) is 5.75 Å². The van der Waals surface area contributed by atoms with Gasteiger partial charge < -0.3 is 9.47 Å². The molecule has 2 heterocycles. The Morgan fingerprint density at radius 1 is 1.32 bits per heavy atom. The van der Waals surface area contributed by atoms with Gasteiger partial charge in [0.1, 0.15) is 18.4 Å². The molecule has 1 aliphatic rings. The highest BCUT2D eigenvalue weighted by molar-refractivity contribution is 7.89. The van der Waals surface area contributed by atoms with Crippen molar-refractivity contribution in [2.24, 2.45) is 0 Å². The monoisotopic (exact) mass is 449 g/mol. The zero-order valence-electron chi connectivity index (χ0n) is 17.9. The lowest BCUT2D eigenvalue weighted by Crippen LogP contribution is -2.65. The van der Waals surface area contributed by atoms with E-state index in [2.05, 4.69) is 4.98 Å². The molecule has 3 rings (SSSR count). The molecule has 10 heteroatoms. The molecular weight excluding hydrogens is 422 g/mol. The number of aryl methyl sites for hydroxylation is 1. The lowest BCUT2D eigenvalue weighted by molar-refractivity contribution is -0.167. The number of amides is 1. The molecule has 1 amide bonds. The van der Waals surface area contributed by atoms with E-state index in [0.29, 0.717) is 12.4 Å². The van der Waals surface area contributed by atoms with Crippen molar-refractivity contribution in [3.8, 4) is 5.75 Å². The van der Waals surface area contributed by atoms with E-state index < -0.39 is 33.7 Å². The molecule has 0 radical (unpaired) electrons. The Balaban J connectivity index is 1.83. The summed E-state index contributed by atoms with van der Waals surface area (Å²) in [6.07, 6.45) is 1.27. The minimum atomic E-state index is -4.05. The van der Waals surface area contributed by atoms with E-state index in [9.17, 15) is 13.2 Å². The number of pyridine rings is 1. The van der Waals surface area contributed by atoms with Gasteiger partial charge in [-0.3, -0.25) is 15.0 Å². The Labute approximate surface area is 182 Å². The molecule has 0 saturated carbocycles. The number of nitrogens with zero attached hydrogens (tertiary/aromatic N) is 2. The second kappa shape index (κ2) is 8.91. The van der Waals surface area contributed by atoms with E-state index in [0.717, 1.165) is 15.6 Å². The summed E-state index contributed by atoms with van der Waals surface area (Å²) in [6, 6.07) is 8.50. The molecule has 0 aliphatic carbocycles. The van der Waals surface area contributed by atoms with Crippen molar-refractivity contribution in [3.05, 3.63) is 53.9 Å². The van der Waals surface area contributed by atoms with Crippen molar-refractivity contribution in [2.75, 3.05) is 6.54 Å². The largest absolute Gasteiger partial charge is 0.489 e. The molecule has 0 spiro atoms. The van der Waals surface area contributed by atoms with Crippen molar-refractivity contribution >= 4 is 15.9 Å². The summed E-state index contributed by atoms with van der Waals surface area (Å²) in [6.45, 7) is 7.12. The van der Waals surface area contributed by atoms with Crippen LogP contribution in [0.2, 0.25) is 0 Å². The number of benzene rings is 1. The average molecular weight is 450 g/mol. The zero-order chi connectivity index (χ0) is 22.8. The molecule has 9 nitrogen and oxygen atoms in total. The average Bonchev–Trinajstić information content (AvgIpc) is 2.71. The Morgan fingerprint density at radius 3 is 2.61 bits per heavy atom. The van der Waals surface area contributed by atoms with Gasteiger partial charge in [0.2, 0.25) is 10.0 Å². The molecule has 1 aliphatic heterocycles. The maximum atomic E-state index is 13.3. The fourth-order valence-corrected chi connectivity index (χ4v) is 5.53. The van der Waals surface area contributed by atoms with Gasteiger partial charge in [0.05, 0.1) is 16.6 Å². The van der Waals surface area contributed by atoms with Gasteiger partial charge in [0.25, 0.3) is 5.91 Å². The summed E-state index contributed by atoms with van der Waals surface area (Å²) in [7, 11) is -4.05. The van der Waals surface area contributed by atoms with Gasteiger partial charge in [0.15, 0.2) is 0 Å². The minimum absolute atomic E-state index is 0.0121. The number of aromatic nitrogens is 1. The number of carbonyl (C=O) groups is 1. The van der Waals surface area contributed by atoms with Crippen molar-refractivity contribution in [3.63, 3.8) is 0 Å². The van der Waals surface area contributed by atoms with E-state index in [1.54, 1.807) is 44.6 Å². The molecule has 2 aromatic rings. The summed E-state index contributed by atoms with van der Waals surface area (Å²) in [5, 5.41) is 9.15. The van der Waals surface area contributed by atoms with Crippen LogP contribution in [0.25, 0.3) is 0 Å². The van der Waals surface area contributed by atoms with Crippen LogP contribution in [0.1, 0.15) is 32.0 Å². The second-order valence-corrected chi connectivity index (χ2v) is 9.88. The highest BCUT2D eigenvalue weighted by Gasteiger charge is 2.50. The summed E-state index contributed by atoms with van der Waals surface area (Å²) in [5.74, 6) is -0.352. The number of nitrogens with one attached hydrogen (secondary N) is 1. The highest BCUT2D eigenvalue weighted by atomic mass is 32.2. The Bertz CT molecular complexity index is 1040. The van der Waals surface area contributed by atoms with Gasteiger partial charge in [-0.2, -0.15) is 4.31 Å². The number of hydroxylamine groups is 1. The van der Waals surface area contributed by atoms with E-state index in [4.69, 9.17) is 14.7 Å². The second-order valence-electron chi connectivity index (χ2n) is 7.99. The van der Waals surface area contributed by atoms with E-state index in [1.165, 1.54) is 12.1 Å². The summed E-state index contributed by atoms with van der Waals surface area (Å²) >= 11 is 0. The number of rotatable bonds is 6. The third kappa shape index (κ3) is 4.87. The standard InChI is InChI=1S/C21H27N3O6S/c1-14-12-24(19(20(25)23-26)21(3,4)30-14)31(27,28)18-9-7-17(8-10-18)29-13-16-6-5-11-22-15(16)2/h5-11,14,19,26H,12-13H2,1-4H3,(H,23,25)/t14?,19-/m0/s1. The lowest BCUT2D eigenvalue weighted by atomic mass is 9.95. The third-order valence-electron chi connectivity index (χ3n) is 5.19. The highest BCUT2D eigenvalue weighted by Crippen LogP contribution is 2.33. The number of sulfonamides is 1. The first kappa shape index (κ1) is 23.1. The third-order valence-corrected chi connectivity index (χ3v) is 7.03. The summed E-state index contributed by atoms with van der Waals surface area (Å²) < 4.78 is 39.3. The molecule has 1 unspecified atom stereocenters. The molecule has 1 saturated heterocycles. The SMILES string of the molecule is Cc1ncccc1COc1ccc(S(=O)(=O)N2CC(C)OC(C)(C)[C@@H]2C(=O)NO)cc1. The minimum Gasteiger partial charge on any atom is -0.489 e. The van der Waals surface area contributed by atoms with Crippen LogP contribution in [-0.4, -0.2) is 53.1 Å².